The molecule has 0 amide bonds. The van der Waals surface area contributed by atoms with Gasteiger partial charge < -0.3 is 9.79 Å². The van der Waals surface area contributed by atoms with Crippen LogP contribution in [0.2, 0.25) is 0 Å². The van der Waals surface area contributed by atoms with Crippen molar-refractivity contribution >= 4 is 28.9 Å². The maximum absolute atomic E-state index is 9.01. The Labute approximate surface area is 116 Å². The molecule has 0 unspecified atom stereocenters. The Morgan fingerprint density at radius 3 is 1.65 bits per heavy atom. The van der Waals surface area contributed by atoms with Crippen molar-refractivity contribution in [3.63, 3.8) is 0 Å². The van der Waals surface area contributed by atoms with E-state index < -0.39 is 5.69 Å². The molecule has 0 aromatic carbocycles. The van der Waals surface area contributed by atoms with Gasteiger partial charge in [-0.15, -0.1) is 0 Å². The smallest absolute Gasteiger partial charge is 0.242 e. The Morgan fingerprint density at radius 1 is 0.824 bits per heavy atom. The normalized spacial score (nSPS) is 11.9. The first kappa shape index (κ1) is 17.9. The SMILES string of the molecule is CCCCCCCCCCCCSP(O)(O)=S. The second kappa shape index (κ2) is 12.0. The third-order valence-electron chi connectivity index (χ3n) is 2.76. The van der Waals surface area contributed by atoms with Crippen LogP contribution in [0.3, 0.4) is 0 Å². The van der Waals surface area contributed by atoms with E-state index in [-0.39, 0.29) is 0 Å². The number of hydrogen-bond acceptors (Lipinski definition) is 2. The lowest BCUT2D eigenvalue weighted by atomic mass is 10.1. The van der Waals surface area contributed by atoms with E-state index >= 15 is 0 Å². The summed E-state index contributed by atoms with van der Waals surface area (Å²) in [6.07, 6.45) is 13.1. The maximum atomic E-state index is 9.01. The molecule has 0 fully saturated rings. The van der Waals surface area contributed by atoms with Crippen LogP contribution in [-0.2, 0) is 11.8 Å². The van der Waals surface area contributed by atoms with Gasteiger partial charge in [-0.2, -0.15) is 0 Å². The highest BCUT2D eigenvalue weighted by molar-refractivity contribution is 8.67. The van der Waals surface area contributed by atoms with Gasteiger partial charge in [-0.25, -0.2) is 0 Å². The van der Waals surface area contributed by atoms with E-state index in [1.54, 1.807) is 0 Å². The van der Waals surface area contributed by atoms with Crippen molar-refractivity contribution in [2.45, 2.75) is 71.1 Å². The molecule has 0 rings (SSSR count). The van der Waals surface area contributed by atoms with Gasteiger partial charge in [-0.3, -0.25) is 0 Å². The molecule has 2 N–H and O–H groups in total. The lowest BCUT2D eigenvalue weighted by Gasteiger charge is -2.06. The van der Waals surface area contributed by atoms with E-state index in [0.29, 0.717) is 0 Å². The molecule has 5 heteroatoms. The molecule has 0 aliphatic carbocycles. The fourth-order valence-electron chi connectivity index (χ4n) is 1.77. The first-order chi connectivity index (χ1) is 8.06. The van der Waals surface area contributed by atoms with Crippen LogP contribution in [-0.4, -0.2) is 15.5 Å². The van der Waals surface area contributed by atoms with Crippen LogP contribution in [0.4, 0.5) is 0 Å². The van der Waals surface area contributed by atoms with Crippen LogP contribution < -0.4 is 0 Å². The summed E-state index contributed by atoms with van der Waals surface area (Å²) in [5, 5.41) is 0. The predicted octanol–water partition coefficient (Wildman–Crippen LogP) is 4.85. The summed E-state index contributed by atoms with van der Waals surface area (Å²) in [6.45, 7) is 2.25. The van der Waals surface area contributed by atoms with Crippen molar-refractivity contribution in [3.8, 4) is 0 Å². The summed E-state index contributed by atoms with van der Waals surface area (Å²) in [5.74, 6) is 0.792. The highest BCUT2D eigenvalue weighted by Crippen LogP contribution is 2.50. The number of unbranched alkanes of at least 4 members (excludes halogenated alkanes) is 9. The molecule has 0 spiro atoms. The van der Waals surface area contributed by atoms with E-state index in [1.165, 1.54) is 57.8 Å². The Kier molecular flexibility index (Phi) is 12.6. The first-order valence-corrected chi connectivity index (χ1v) is 11.1. The maximum Gasteiger partial charge on any atom is 0.242 e. The Balaban J connectivity index is 3.01. The van der Waals surface area contributed by atoms with Crippen molar-refractivity contribution in [3.05, 3.63) is 0 Å². The van der Waals surface area contributed by atoms with Crippen molar-refractivity contribution in [1.29, 1.82) is 0 Å². The minimum absolute atomic E-state index is 0.792. The van der Waals surface area contributed by atoms with E-state index in [4.69, 9.17) is 9.79 Å². The molecule has 0 saturated heterocycles. The zero-order chi connectivity index (χ0) is 13.0. The summed E-state index contributed by atoms with van der Waals surface area (Å²) < 4.78 is 0. The highest BCUT2D eigenvalue weighted by atomic mass is 32.9. The lowest BCUT2D eigenvalue weighted by molar-refractivity contribution is 0.502. The van der Waals surface area contributed by atoms with Crippen molar-refractivity contribution in [2.24, 2.45) is 0 Å². The predicted molar refractivity (Wildman–Crippen MR) is 83.0 cm³/mol. The van der Waals surface area contributed by atoms with E-state index in [2.05, 4.69) is 18.7 Å². The molecule has 0 aromatic rings. The van der Waals surface area contributed by atoms with E-state index in [1.807, 2.05) is 0 Å². The third-order valence-corrected chi connectivity index (χ3v) is 6.07. The highest BCUT2D eigenvalue weighted by Gasteiger charge is 2.06. The van der Waals surface area contributed by atoms with Gasteiger partial charge in [-0.05, 0) is 18.2 Å². The zero-order valence-electron chi connectivity index (χ0n) is 10.9. The Morgan fingerprint density at radius 2 is 1.24 bits per heavy atom. The second-order valence-electron chi connectivity index (χ2n) is 4.51. The van der Waals surface area contributed by atoms with Gasteiger partial charge in [0.1, 0.15) is 0 Å². The van der Waals surface area contributed by atoms with Crippen LogP contribution in [0.15, 0.2) is 0 Å². The minimum Gasteiger partial charge on any atom is -0.338 e. The summed E-state index contributed by atoms with van der Waals surface area (Å²) in [6, 6.07) is 0. The van der Waals surface area contributed by atoms with E-state index in [9.17, 15) is 0 Å². The molecule has 2 nitrogen and oxygen atoms in total. The van der Waals surface area contributed by atoms with Gasteiger partial charge in [-0.1, -0.05) is 76.1 Å². The summed E-state index contributed by atoms with van der Waals surface area (Å²) >= 11 is 5.69. The molecule has 104 valence electrons. The van der Waals surface area contributed by atoms with Crippen molar-refractivity contribution < 1.29 is 9.79 Å². The second-order valence-corrected chi connectivity index (χ2v) is 10.7. The summed E-state index contributed by atoms with van der Waals surface area (Å²) in [5.41, 5.74) is -2.99. The third kappa shape index (κ3) is 16.9. The molecule has 0 saturated carbocycles. The van der Waals surface area contributed by atoms with Crippen LogP contribution in [0, 0.1) is 0 Å². The average Bonchev–Trinajstić information content (AvgIpc) is 2.24. The Hall–Kier alpha value is 0.920. The fourth-order valence-corrected chi connectivity index (χ4v) is 4.12. The topological polar surface area (TPSA) is 40.5 Å². The molecule has 0 atom stereocenters. The zero-order valence-corrected chi connectivity index (χ0v) is 13.5. The van der Waals surface area contributed by atoms with Crippen LogP contribution in [0.25, 0.3) is 0 Å². The van der Waals surface area contributed by atoms with Gasteiger partial charge in [0, 0.05) is 5.75 Å². The standard InChI is InChI=1S/C12H27O2PS2/c1-2-3-4-5-6-7-8-9-10-11-12-17-15(13,14)16/h2-12H2,1H3,(H2,13,14,16). The fraction of sp³-hybridized carbons (Fsp3) is 1.00. The van der Waals surface area contributed by atoms with Crippen LogP contribution in [0.1, 0.15) is 71.1 Å². The van der Waals surface area contributed by atoms with Crippen LogP contribution >= 0.6 is 17.1 Å². The molecule has 0 bridgehead atoms. The van der Waals surface area contributed by atoms with Gasteiger partial charge in [0.15, 0.2) is 0 Å². The van der Waals surface area contributed by atoms with Gasteiger partial charge >= 0.3 is 0 Å². The molecule has 0 aliphatic rings. The lowest BCUT2D eigenvalue weighted by Crippen LogP contribution is -1.83. The Bertz CT molecular complexity index is 207. The molecule has 0 heterocycles. The van der Waals surface area contributed by atoms with Gasteiger partial charge in [0.2, 0.25) is 5.69 Å². The van der Waals surface area contributed by atoms with Gasteiger partial charge in [0.05, 0.1) is 0 Å². The number of hydrogen-bond donors (Lipinski definition) is 2. The monoisotopic (exact) mass is 298 g/mol. The summed E-state index contributed by atoms with van der Waals surface area (Å²) in [4.78, 5) is 18.0. The minimum atomic E-state index is -2.99. The first-order valence-electron chi connectivity index (χ1n) is 6.76. The quantitative estimate of drug-likeness (QED) is 0.399. The van der Waals surface area contributed by atoms with Crippen molar-refractivity contribution in [1.82, 2.24) is 0 Å². The molecule has 0 radical (unpaired) electrons. The largest absolute Gasteiger partial charge is 0.338 e. The molecule has 0 aliphatic heterocycles. The van der Waals surface area contributed by atoms with Crippen LogP contribution in [0.5, 0.6) is 0 Å². The molecular weight excluding hydrogens is 271 g/mol. The number of rotatable bonds is 12. The molecule has 0 aromatic heterocycles. The summed E-state index contributed by atoms with van der Waals surface area (Å²) in [7, 11) is 0. The van der Waals surface area contributed by atoms with E-state index in [0.717, 1.165) is 23.6 Å². The molecular formula is C12H27O2PS2. The van der Waals surface area contributed by atoms with Gasteiger partial charge in [0.25, 0.3) is 0 Å². The van der Waals surface area contributed by atoms with Crippen molar-refractivity contribution in [2.75, 3.05) is 5.75 Å². The molecule has 17 heavy (non-hydrogen) atoms. The average molecular weight is 298 g/mol.